The van der Waals surface area contributed by atoms with Gasteiger partial charge in [-0.2, -0.15) is 0 Å². The van der Waals surface area contributed by atoms with Crippen LogP contribution in [0.3, 0.4) is 0 Å². The van der Waals surface area contributed by atoms with E-state index < -0.39 is 12.1 Å². The second kappa shape index (κ2) is 72.3. The topological polar surface area (TPSA) is 95.9 Å². The van der Waals surface area contributed by atoms with E-state index in [2.05, 4.69) is 67.8 Å². The number of carbonyl (C=O) groups is 2. The normalized spacial score (nSPS) is 12.8. The molecule has 0 spiro atoms. The van der Waals surface area contributed by atoms with Crippen molar-refractivity contribution in [2.24, 2.45) is 0 Å². The number of amides is 1. The number of allylic oxidation sites excluding steroid dienone is 8. The van der Waals surface area contributed by atoms with Crippen LogP contribution in [0.25, 0.3) is 0 Å². The highest BCUT2D eigenvalue weighted by Crippen LogP contribution is 2.19. The maximum absolute atomic E-state index is 12.6. The molecule has 2 atom stereocenters. The second-order valence-electron chi connectivity index (χ2n) is 25.6. The highest BCUT2D eigenvalue weighted by atomic mass is 16.5. The molecule has 0 aromatic heterocycles. The third kappa shape index (κ3) is 68.8. The Bertz CT molecular complexity index is 1390. The molecule has 6 nitrogen and oxygen atoms in total. The molecule has 1 amide bonds. The number of aliphatic hydroxyl groups excluding tert-OH is 2. The number of hydrogen-bond acceptors (Lipinski definition) is 5. The molecular weight excluding hydrogens is 1020 g/mol. The Morgan fingerprint density at radius 2 is 0.602 bits per heavy atom. The quantitative estimate of drug-likeness (QED) is 0.0320. The molecule has 0 saturated carbocycles. The van der Waals surface area contributed by atoms with Crippen molar-refractivity contribution in [2.45, 2.75) is 418 Å². The molecule has 0 saturated heterocycles. The first kappa shape index (κ1) is 80.8. The van der Waals surface area contributed by atoms with Crippen molar-refractivity contribution in [3.63, 3.8) is 0 Å². The van der Waals surface area contributed by atoms with Gasteiger partial charge in [-0.3, -0.25) is 9.59 Å². The van der Waals surface area contributed by atoms with Crippen molar-refractivity contribution in [1.29, 1.82) is 0 Å². The van der Waals surface area contributed by atoms with Gasteiger partial charge in [0.1, 0.15) is 0 Å². The Hall–Kier alpha value is -2.18. The van der Waals surface area contributed by atoms with E-state index in [0.717, 1.165) is 57.8 Å². The van der Waals surface area contributed by atoms with Crippen molar-refractivity contribution < 1.29 is 24.5 Å². The van der Waals surface area contributed by atoms with Crippen molar-refractivity contribution in [3.05, 3.63) is 48.6 Å². The lowest BCUT2D eigenvalue weighted by Crippen LogP contribution is -2.45. The fraction of sp³-hybridized carbons (Fsp3) is 0.870. The van der Waals surface area contributed by atoms with E-state index in [1.807, 2.05) is 0 Å². The van der Waals surface area contributed by atoms with E-state index in [1.54, 1.807) is 0 Å². The van der Waals surface area contributed by atoms with Gasteiger partial charge in [0.25, 0.3) is 0 Å². The summed E-state index contributed by atoms with van der Waals surface area (Å²) in [6, 6.07) is -0.549. The number of ether oxygens (including phenoxy) is 1. The van der Waals surface area contributed by atoms with E-state index in [1.165, 1.54) is 315 Å². The molecule has 0 bridgehead atoms. The lowest BCUT2D eigenvalue weighted by Gasteiger charge is -2.22. The van der Waals surface area contributed by atoms with Gasteiger partial charge in [0.05, 0.1) is 25.4 Å². The van der Waals surface area contributed by atoms with Crippen LogP contribution in [-0.4, -0.2) is 47.4 Å². The lowest BCUT2D eigenvalue weighted by atomic mass is 10.0. The molecule has 3 N–H and O–H groups in total. The standard InChI is InChI=1S/C77H145NO5/c1-3-5-7-9-11-13-15-17-19-21-22-23-24-28-31-34-38-41-45-49-53-57-61-65-69-75(80)74(73-79)78-76(81)70-66-62-58-54-50-46-42-39-35-32-29-26-25-27-30-33-36-40-44-48-52-56-60-64-68-72-83-77(82)71-67-63-59-55-51-47-43-37-20-18-16-14-12-10-8-6-4-2/h12,14,18,20,26-27,29-30,74-75,79-80H,3-11,13,15-17,19,21-25,28,31-73H2,1-2H3,(H,78,81)/b14-12-,20-18-,29-26-,30-27-. The largest absolute Gasteiger partial charge is 0.466 e. The summed E-state index contributed by atoms with van der Waals surface area (Å²) in [5, 5.41) is 23.5. The van der Waals surface area contributed by atoms with E-state index in [4.69, 9.17) is 4.74 Å². The predicted molar refractivity (Wildman–Crippen MR) is 366 cm³/mol. The molecule has 6 heteroatoms. The molecule has 0 aromatic rings. The van der Waals surface area contributed by atoms with Crippen LogP contribution >= 0.6 is 0 Å². The smallest absolute Gasteiger partial charge is 0.305 e. The molecular formula is C77H145NO5. The lowest BCUT2D eigenvalue weighted by molar-refractivity contribution is -0.143. The van der Waals surface area contributed by atoms with Crippen molar-refractivity contribution in [2.75, 3.05) is 13.2 Å². The Kier molecular flexibility index (Phi) is 70.4. The van der Waals surface area contributed by atoms with Crippen LogP contribution in [0, 0.1) is 0 Å². The first-order chi connectivity index (χ1) is 41.0. The zero-order chi connectivity index (χ0) is 59.9. The van der Waals surface area contributed by atoms with Gasteiger partial charge in [0.15, 0.2) is 0 Å². The average molecular weight is 1170 g/mol. The molecule has 0 aromatic carbocycles. The minimum atomic E-state index is -0.671. The molecule has 83 heavy (non-hydrogen) atoms. The Morgan fingerprint density at radius 3 is 0.940 bits per heavy atom. The Morgan fingerprint density at radius 1 is 0.337 bits per heavy atom. The molecule has 0 radical (unpaired) electrons. The van der Waals surface area contributed by atoms with Gasteiger partial charge in [0, 0.05) is 12.8 Å². The van der Waals surface area contributed by atoms with E-state index in [-0.39, 0.29) is 18.5 Å². The van der Waals surface area contributed by atoms with Gasteiger partial charge >= 0.3 is 5.97 Å². The average Bonchev–Trinajstić information content (AvgIpc) is 3.48. The monoisotopic (exact) mass is 1160 g/mol. The summed E-state index contributed by atoms with van der Waals surface area (Å²) in [6.07, 6.45) is 94.5. The van der Waals surface area contributed by atoms with Gasteiger partial charge < -0.3 is 20.3 Å². The summed E-state index contributed by atoms with van der Waals surface area (Å²) in [4.78, 5) is 24.7. The van der Waals surface area contributed by atoms with Crippen LogP contribution in [0.1, 0.15) is 406 Å². The van der Waals surface area contributed by atoms with Crippen LogP contribution in [0.4, 0.5) is 0 Å². The number of rotatable bonds is 70. The SMILES string of the molecule is CCCCC/C=C\C/C=C\CCCCCCCCCC(=O)OCCCCCCCCCCC/C=C\C/C=C\CCCCCCCCCCCC(=O)NC(CO)C(O)CCCCCCCCCCCCCCCCCCCCCCCCCC. The molecule has 0 aliphatic rings. The maximum Gasteiger partial charge on any atom is 0.305 e. The minimum Gasteiger partial charge on any atom is -0.466 e. The first-order valence-electron chi connectivity index (χ1n) is 37.4. The van der Waals surface area contributed by atoms with Crippen molar-refractivity contribution >= 4 is 11.9 Å². The zero-order valence-corrected chi connectivity index (χ0v) is 55.9. The molecule has 2 unspecified atom stereocenters. The van der Waals surface area contributed by atoms with Gasteiger partial charge in [-0.1, -0.05) is 351 Å². The third-order valence-corrected chi connectivity index (χ3v) is 17.4. The fourth-order valence-corrected chi connectivity index (χ4v) is 11.6. The summed E-state index contributed by atoms with van der Waals surface area (Å²) >= 11 is 0. The van der Waals surface area contributed by atoms with Gasteiger partial charge in [-0.05, 0) is 89.9 Å². The van der Waals surface area contributed by atoms with Gasteiger partial charge in [0.2, 0.25) is 5.91 Å². The maximum atomic E-state index is 12.6. The highest BCUT2D eigenvalue weighted by molar-refractivity contribution is 5.76. The Balaban J connectivity index is 3.43. The van der Waals surface area contributed by atoms with Gasteiger partial charge in [-0.25, -0.2) is 0 Å². The van der Waals surface area contributed by atoms with Crippen LogP contribution in [0.15, 0.2) is 48.6 Å². The molecule has 488 valence electrons. The first-order valence-corrected chi connectivity index (χ1v) is 37.4. The van der Waals surface area contributed by atoms with Crippen LogP contribution in [0.5, 0.6) is 0 Å². The van der Waals surface area contributed by atoms with Crippen LogP contribution < -0.4 is 5.32 Å². The van der Waals surface area contributed by atoms with Crippen molar-refractivity contribution in [1.82, 2.24) is 5.32 Å². The third-order valence-electron chi connectivity index (χ3n) is 17.4. The summed E-state index contributed by atoms with van der Waals surface area (Å²) in [5.74, 6) is -0.0353. The summed E-state index contributed by atoms with van der Waals surface area (Å²) in [6.45, 7) is 4.95. The molecule has 0 rings (SSSR count). The summed E-state index contributed by atoms with van der Waals surface area (Å²) in [5.41, 5.74) is 0. The summed E-state index contributed by atoms with van der Waals surface area (Å²) in [7, 11) is 0. The number of esters is 1. The molecule has 0 aliphatic carbocycles. The number of unbranched alkanes of at least 4 members (excludes halogenated alkanes) is 51. The second-order valence-corrected chi connectivity index (χ2v) is 25.6. The van der Waals surface area contributed by atoms with E-state index in [9.17, 15) is 19.8 Å². The predicted octanol–water partition coefficient (Wildman–Crippen LogP) is 24.4. The summed E-state index contributed by atoms with van der Waals surface area (Å²) < 4.78 is 5.49. The fourth-order valence-electron chi connectivity index (χ4n) is 11.6. The van der Waals surface area contributed by atoms with Crippen LogP contribution in [0.2, 0.25) is 0 Å². The zero-order valence-electron chi connectivity index (χ0n) is 55.9. The minimum absolute atomic E-state index is 0.00176. The Labute approximate surface area is 518 Å². The van der Waals surface area contributed by atoms with E-state index in [0.29, 0.717) is 25.9 Å². The number of aliphatic hydroxyl groups is 2. The van der Waals surface area contributed by atoms with E-state index >= 15 is 0 Å². The molecule has 0 heterocycles. The molecule has 0 aliphatic heterocycles. The molecule has 0 fully saturated rings. The highest BCUT2D eigenvalue weighted by Gasteiger charge is 2.20. The van der Waals surface area contributed by atoms with Crippen molar-refractivity contribution in [3.8, 4) is 0 Å². The number of hydrogen-bond donors (Lipinski definition) is 3. The number of nitrogens with one attached hydrogen (secondary N) is 1. The number of carbonyl (C=O) groups excluding carboxylic acids is 2. The van der Waals surface area contributed by atoms with Gasteiger partial charge in [-0.15, -0.1) is 0 Å². The van der Waals surface area contributed by atoms with Crippen LogP contribution in [-0.2, 0) is 14.3 Å².